The second-order valence-electron chi connectivity index (χ2n) is 3.85. The van der Waals surface area contributed by atoms with Crippen LogP contribution in [0.4, 0.5) is 17.5 Å². The van der Waals surface area contributed by atoms with Gasteiger partial charge in [-0.25, -0.2) is 10.8 Å². The Morgan fingerprint density at radius 3 is 2.71 bits per heavy atom. The van der Waals surface area contributed by atoms with E-state index in [1.54, 1.807) is 12.3 Å². The molecule has 2 aromatic rings. The minimum absolute atomic E-state index is 0.389. The van der Waals surface area contributed by atoms with E-state index in [0.717, 1.165) is 5.69 Å². The second-order valence-corrected chi connectivity index (χ2v) is 3.85. The molecule has 1 heterocycles. The van der Waals surface area contributed by atoms with Gasteiger partial charge in [0.15, 0.2) is 0 Å². The molecule has 4 N–H and O–H groups in total. The van der Waals surface area contributed by atoms with Crippen LogP contribution in [0.15, 0.2) is 30.5 Å². The number of aryl methyl sites for hydroxylation is 2. The van der Waals surface area contributed by atoms with E-state index in [2.05, 4.69) is 46.7 Å². The number of rotatable bonds is 3. The van der Waals surface area contributed by atoms with E-state index in [-0.39, 0.29) is 0 Å². The highest BCUT2D eigenvalue weighted by Crippen LogP contribution is 2.20. The van der Waals surface area contributed by atoms with Gasteiger partial charge in [-0.3, -0.25) is 5.43 Å². The van der Waals surface area contributed by atoms with Crippen molar-refractivity contribution in [3.05, 3.63) is 41.6 Å². The zero-order chi connectivity index (χ0) is 12.3. The standard InChI is InChI=1S/C12H15N5/c1-8-3-4-10(9(2)7-8)15-11-5-6-14-12(16-11)17-13/h3-7H,13H2,1-2H3,(H2,14,15,16,17). The Bertz CT molecular complexity index is 524. The van der Waals surface area contributed by atoms with Crippen LogP contribution in [-0.4, -0.2) is 9.97 Å². The molecule has 0 fully saturated rings. The molecule has 5 heteroatoms. The quantitative estimate of drug-likeness (QED) is 0.555. The number of nitrogens with one attached hydrogen (secondary N) is 2. The summed E-state index contributed by atoms with van der Waals surface area (Å²) in [5.74, 6) is 6.36. The highest BCUT2D eigenvalue weighted by atomic mass is 15.3. The molecule has 1 aromatic heterocycles. The molecule has 5 nitrogen and oxygen atoms in total. The van der Waals surface area contributed by atoms with Crippen molar-refractivity contribution >= 4 is 17.5 Å². The number of anilines is 3. The SMILES string of the molecule is Cc1ccc(Nc2ccnc(NN)n2)c(C)c1. The van der Waals surface area contributed by atoms with Gasteiger partial charge in [0.1, 0.15) is 5.82 Å². The van der Waals surface area contributed by atoms with Gasteiger partial charge in [0.2, 0.25) is 5.95 Å². The topological polar surface area (TPSA) is 75.9 Å². The molecule has 0 aliphatic heterocycles. The smallest absolute Gasteiger partial charge is 0.239 e. The molecule has 0 bridgehead atoms. The lowest BCUT2D eigenvalue weighted by molar-refractivity contribution is 1.12. The van der Waals surface area contributed by atoms with Gasteiger partial charge in [-0.15, -0.1) is 0 Å². The Kier molecular flexibility index (Phi) is 3.20. The number of hydrogen-bond donors (Lipinski definition) is 3. The Balaban J connectivity index is 2.25. The maximum atomic E-state index is 5.26. The molecule has 1 aromatic carbocycles. The minimum atomic E-state index is 0.389. The largest absolute Gasteiger partial charge is 0.340 e. The molecule has 0 amide bonds. The first kappa shape index (κ1) is 11.3. The Labute approximate surface area is 100 Å². The fraction of sp³-hybridized carbons (Fsp3) is 0.167. The van der Waals surface area contributed by atoms with E-state index in [1.807, 2.05) is 6.07 Å². The van der Waals surface area contributed by atoms with Crippen LogP contribution in [0.3, 0.4) is 0 Å². The van der Waals surface area contributed by atoms with Gasteiger partial charge in [0.05, 0.1) is 0 Å². The fourth-order valence-electron chi connectivity index (χ4n) is 1.59. The van der Waals surface area contributed by atoms with Crippen LogP contribution in [-0.2, 0) is 0 Å². The minimum Gasteiger partial charge on any atom is -0.340 e. The lowest BCUT2D eigenvalue weighted by Crippen LogP contribution is -2.10. The van der Waals surface area contributed by atoms with Gasteiger partial charge in [0, 0.05) is 11.9 Å². The van der Waals surface area contributed by atoms with Crippen molar-refractivity contribution in [1.29, 1.82) is 0 Å². The zero-order valence-corrected chi connectivity index (χ0v) is 9.86. The number of nitrogens with two attached hydrogens (primary N) is 1. The summed E-state index contributed by atoms with van der Waals surface area (Å²) in [6.07, 6.45) is 1.65. The van der Waals surface area contributed by atoms with Crippen molar-refractivity contribution < 1.29 is 0 Å². The van der Waals surface area contributed by atoms with E-state index in [9.17, 15) is 0 Å². The molecule has 2 rings (SSSR count). The molecule has 0 saturated carbocycles. The van der Waals surface area contributed by atoms with E-state index in [1.165, 1.54) is 11.1 Å². The van der Waals surface area contributed by atoms with Crippen molar-refractivity contribution in [3.8, 4) is 0 Å². The predicted octanol–water partition coefficient (Wildman–Crippen LogP) is 2.12. The summed E-state index contributed by atoms with van der Waals surface area (Å²) in [6, 6.07) is 7.99. The van der Waals surface area contributed by atoms with Crippen LogP contribution in [0.1, 0.15) is 11.1 Å². The molecule has 88 valence electrons. The summed E-state index contributed by atoms with van der Waals surface area (Å²) in [7, 11) is 0. The molecule has 0 unspecified atom stereocenters. The molecule has 0 atom stereocenters. The van der Waals surface area contributed by atoms with Gasteiger partial charge in [0.25, 0.3) is 0 Å². The molecule has 0 saturated heterocycles. The van der Waals surface area contributed by atoms with Gasteiger partial charge < -0.3 is 5.32 Å². The second kappa shape index (κ2) is 4.80. The summed E-state index contributed by atoms with van der Waals surface area (Å²) in [6.45, 7) is 4.12. The summed E-state index contributed by atoms with van der Waals surface area (Å²) in [5.41, 5.74) is 5.85. The monoisotopic (exact) mass is 229 g/mol. The third-order valence-electron chi connectivity index (χ3n) is 2.43. The lowest BCUT2D eigenvalue weighted by atomic mass is 10.1. The van der Waals surface area contributed by atoms with Crippen LogP contribution >= 0.6 is 0 Å². The van der Waals surface area contributed by atoms with Gasteiger partial charge >= 0.3 is 0 Å². The van der Waals surface area contributed by atoms with E-state index in [4.69, 9.17) is 5.84 Å². The predicted molar refractivity (Wildman–Crippen MR) is 69.0 cm³/mol. The van der Waals surface area contributed by atoms with Gasteiger partial charge in [-0.1, -0.05) is 17.7 Å². The molecule has 0 aliphatic carbocycles. The Morgan fingerprint density at radius 2 is 2.00 bits per heavy atom. The highest BCUT2D eigenvalue weighted by Gasteiger charge is 2.01. The average Bonchev–Trinajstić information content (AvgIpc) is 2.33. The first-order valence-corrected chi connectivity index (χ1v) is 5.33. The molecule has 0 aliphatic rings. The maximum absolute atomic E-state index is 5.26. The maximum Gasteiger partial charge on any atom is 0.239 e. The van der Waals surface area contributed by atoms with Crippen LogP contribution in [0.5, 0.6) is 0 Å². The zero-order valence-electron chi connectivity index (χ0n) is 9.86. The first-order valence-electron chi connectivity index (χ1n) is 5.33. The van der Waals surface area contributed by atoms with Crippen LogP contribution < -0.4 is 16.6 Å². The van der Waals surface area contributed by atoms with Gasteiger partial charge in [-0.2, -0.15) is 4.98 Å². The Morgan fingerprint density at radius 1 is 1.18 bits per heavy atom. The van der Waals surface area contributed by atoms with E-state index >= 15 is 0 Å². The highest BCUT2D eigenvalue weighted by molar-refractivity contribution is 5.61. The first-order chi connectivity index (χ1) is 8.19. The van der Waals surface area contributed by atoms with Crippen LogP contribution in [0, 0.1) is 13.8 Å². The van der Waals surface area contributed by atoms with Crippen LogP contribution in [0.2, 0.25) is 0 Å². The number of nitrogens with zero attached hydrogens (tertiary/aromatic N) is 2. The Hall–Kier alpha value is -2.14. The normalized spacial score (nSPS) is 10.1. The number of hydrazine groups is 1. The molecular weight excluding hydrogens is 214 g/mol. The van der Waals surface area contributed by atoms with Crippen LogP contribution in [0.25, 0.3) is 0 Å². The van der Waals surface area contributed by atoms with E-state index < -0.39 is 0 Å². The summed E-state index contributed by atoms with van der Waals surface area (Å²) in [4.78, 5) is 8.14. The van der Waals surface area contributed by atoms with E-state index in [0.29, 0.717) is 11.8 Å². The fourth-order valence-corrected chi connectivity index (χ4v) is 1.59. The van der Waals surface area contributed by atoms with Crippen molar-refractivity contribution in [2.45, 2.75) is 13.8 Å². The molecular formula is C12H15N5. The number of aromatic nitrogens is 2. The number of nitrogen functional groups attached to an aromatic ring is 1. The lowest BCUT2D eigenvalue weighted by Gasteiger charge is -2.09. The summed E-state index contributed by atoms with van der Waals surface area (Å²) >= 11 is 0. The molecule has 0 spiro atoms. The van der Waals surface area contributed by atoms with Crippen molar-refractivity contribution in [3.63, 3.8) is 0 Å². The summed E-state index contributed by atoms with van der Waals surface area (Å²) in [5, 5.41) is 3.23. The number of hydrogen-bond acceptors (Lipinski definition) is 5. The van der Waals surface area contributed by atoms with Gasteiger partial charge in [-0.05, 0) is 31.5 Å². The third kappa shape index (κ3) is 2.70. The molecule has 0 radical (unpaired) electrons. The number of benzene rings is 1. The van der Waals surface area contributed by atoms with Crippen molar-refractivity contribution in [1.82, 2.24) is 9.97 Å². The third-order valence-corrected chi connectivity index (χ3v) is 2.43. The van der Waals surface area contributed by atoms with Crippen molar-refractivity contribution in [2.75, 3.05) is 10.7 Å². The summed E-state index contributed by atoms with van der Waals surface area (Å²) < 4.78 is 0. The average molecular weight is 229 g/mol. The molecule has 17 heavy (non-hydrogen) atoms. The van der Waals surface area contributed by atoms with Crippen molar-refractivity contribution in [2.24, 2.45) is 5.84 Å².